The number of hydrazine groups is 1. The molecule has 0 radical (unpaired) electrons. The predicted molar refractivity (Wildman–Crippen MR) is 64.5 cm³/mol. The van der Waals surface area contributed by atoms with Crippen LogP contribution in [0.15, 0.2) is 42.9 Å². The van der Waals surface area contributed by atoms with E-state index in [1.54, 1.807) is 24.5 Å². The van der Waals surface area contributed by atoms with E-state index in [4.69, 9.17) is 10.6 Å². The summed E-state index contributed by atoms with van der Waals surface area (Å²) in [5, 5.41) is 0. The van der Waals surface area contributed by atoms with Gasteiger partial charge in [-0.2, -0.15) is 0 Å². The zero-order valence-corrected chi connectivity index (χ0v) is 9.54. The van der Waals surface area contributed by atoms with Gasteiger partial charge in [-0.05, 0) is 29.8 Å². The molecule has 2 aromatic heterocycles. The van der Waals surface area contributed by atoms with E-state index in [1.165, 1.54) is 6.20 Å². The van der Waals surface area contributed by atoms with E-state index in [2.05, 4.69) is 9.97 Å². The van der Waals surface area contributed by atoms with Crippen molar-refractivity contribution in [1.29, 1.82) is 0 Å². The number of nitrogens with one attached hydrogen (secondary N) is 1. The summed E-state index contributed by atoms with van der Waals surface area (Å²) in [6, 6.07) is 7.02. The van der Waals surface area contributed by atoms with Crippen molar-refractivity contribution in [2.24, 2.45) is 5.84 Å². The molecule has 0 aliphatic carbocycles. The van der Waals surface area contributed by atoms with Crippen LogP contribution in [0.4, 0.5) is 0 Å². The molecular formula is C12H12N4O2. The van der Waals surface area contributed by atoms with Gasteiger partial charge in [-0.25, -0.2) is 10.8 Å². The lowest BCUT2D eigenvalue weighted by atomic mass is 10.3. The molecule has 0 bridgehead atoms. The van der Waals surface area contributed by atoms with Crippen LogP contribution in [0.5, 0.6) is 5.75 Å². The molecule has 6 heteroatoms. The first-order valence-corrected chi connectivity index (χ1v) is 5.29. The van der Waals surface area contributed by atoms with Crippen LogP contribution in [0.3, 0.4) is 0 Å². The van der Waals surface area contributed by atoms with Crippen molar-refractivity contribution >= 4 is 5.91 Å². The van der Waals surface area contributed by atoms with Crippen LogP contribution in [-0.4, -0.2) is 15.9 Å². The van der Waals surface area contributed by atoms with Crippen LogP contribution < -0.4 is 16.0 Å². The molecule has 1 amide bonds. The minimum atomic E-state index is -0.486. The van der Waals surface area contributed by atoms with Crippen molar-refractivity contribution < 1.29 is 9.53 Å². The fourth-order valence-corrected chi connectivity index (χ4v) is 1.39. The van der Waals surface area contributed by atoms with Crippen LogP contribution in [0, 0.1) is 0 Å². The number of amides is 1. The van der Waals surface area contributed by atoms with Gasteiger partial charge >= 0.3 is 0 Å². The first-order chi connectivity index (χ1) is 8.81. The zero-order chi connectivity index (χ0) is 12.8. The second kappa shape index (κ2) is 5.74. The van der Waals surface area contributed by atoms with E-state index in [9.17, 15) is 4.79 Å². The monoisotopic (exact) mass is 244 g/mol. The lowest BCUT2D eigenvalue weighted by Gasteiger charge is -2.09. The van der Waals surface area contributed by atoms with Gasteiger partial charge in [0.15, 0.2) is 11.4 Å². The normalized spacial score (nSPS) is 9.83. The van der Waals surface area contributed by atoms with Crippen LogP contribution in [0.1, 0.15) is 16.1 Å². The van der Waals surface area contributed by atoms with Gasteiger partial charge in [0.25, 0.3) is 5.91 Å². The Morgan fingerprint density at radius 2 is 2.06 bits per heavy atom. The number of nitrogens with zero attached hydrogens (tertiary/aromatic N) is 2. The molecule has 0 spiro atoms. The summed E-state index contributed by atoms with van der Waals surface area (Å²) in [6.45, 7) is 0.332. The van der Waals surface area contributed by atoms with E-state index in [1.807, 2.05) is 17.6 Å². The number of nitrogens with two attached hydrogens (primary N) is 1. The highest BCUT2D eigenvalue weighted by molar-refractivity contribution is 5.94. The SMILES string of the molecule is NNC(=O)c1ncccc1OCc1ccncc1. The van der Waals surface area contributed by atoms with Crippen molar-refractivity contribution in [3.63, 3.8) is 0 Å². The van der Waals surface area contributed by atoms with E-state index in [0.29, 0.717) is 12.4 Å². The predicted octanol–water partition coefficient (Wildman–Crippen LogP) is 0.659. The van der Waals surface area contributed by atoms with Crippen molar-refractivity contribution in [2.75, 3.05) is 0 Å². The van der Waals surface area contributed by atoms with Gasteiger partial charge in [-0.15, -0.1) is 0 Å². The molecule has 0 saturated carbocycles. The smallest absolute Gasteiger partial charge is 0.287 e. The summed E-state index contributed by atoms with van der Waals surface area (Å²) >= 11 is 0. The molecule has 2 rings (SSSR count). The minimum absolute atomic E-state index is 0.161. The maximum Gasteiger partial charge on any atom is 0.287 e. The van der Waals surface area contributed by atoms with Crippen LogP contribution in [0.25, 0.3) is 0 Å². The summed E-state index contributed by atoms with van der Waals surface area (Å²) in [5.74, 6) is 4.98. The molecule has 0 unspecified atom stereocenters. The maximum absolute atomic E-state index is 11.5. The fourth-order valence-electron chi connectivity index (χ4n) is 1.39. The highest BCUT2D eigenvalue weighted by Crippen LogP contribution is 2.16. The van der Waals surface area contributed by atoms with Crippen molar-refractivity contribution in [2.45, 2.75) is 6.61 Å². The summed E-state index contributed by atoms with van der Waals surface area (Å²) in [6.07, 6.45) is 4.86. The number of hydrogen-bond donors (Lipinski definition) is 2. The molecule has 0 fully saturated rings. The Bertz CT molecular complexity index is 531. The van der Waals surface area contributed by atoms with Crippen LogP contribution >= 0.6 is 0 Å². The second-order valence-electron chi connectivity index (χ2n) is 3.47. The average molecular weight is 244 g/mol. The Labute approximate surface area is 104 Å². The third-order valence-corrected chi connectivity index (χ3v) is 2.26. The molecule has 0 atom stereocenters. The Morgan fingerprint density at radius 3 is 2.78 bits per heavy atom. The molecule has 0 aliphatic heterocycles. The van der Waals surface area contributed by atoms with Crippen LogP contribution in [0.2, 0.25) is 0 Å². The van der Waals surface area contributed by atoms with Gasteiger partial charge in [0.2, 0.25) is 0 Å². The number of rotatable bonds is 4. The van der Waals surface area contributed by atoms with Gasteiger partial charge in [0.05, 0.1) is 0 Å². The van der Waals surface area contributed by atoms with E-state index >= 15 is 0 Å². The van der Waals surface area contributed by atoms with E-state index < -0.39 is 5.91 Å². The van der Waals surface area contributed by atoms with Gasteiger partial charge in [-0.3, -0.25) is 15.2 Å². The molecule has 0 saturated heterocycles. The number of carbonyl (C=O) groups is 1. The lowest BCUT2D eigenvalue weighted by Crippen LogP contribution is -2.31. The topological polar surface area (TPSA) is 90.1 Å². The number of hydrogen-bond acceptors (Lipinski definition) is 5. The Hall–Kier alpha value is -2.47. The van der Waals surface area contributed by atoms with E-state index in [-0.39, 0.29) is 5.69 Å². The van der Waals surface area contributed by atoms with E-state index in [0.717, 1.165) is 5.56 Å². The van der Waals surface area contributed by atoms with Crippen LogP contribution in [-0.2, 0) is 6.61 Å². The first-order valence-electron chi connectivity index (χ1n) is 5.29. The third kappa shape index (κ3) is 2.80. The lowest BCUT2D eigenvalue weighted by molar-refractivity contribution is 0.0943. The Morgan fingerprint density at radius 1 is 1.28 bits per heavy atom. The number of aromatic nitrogens is 2. The molecule has 2 aromatic rings. The standard InChI is InChI=1S/C12H12N4O2/c13-16-12(17)11-10(2-1-5-15-11)18-8-9-3-6-14-7-4-9/h1-7H,8,13H2,(H,16,17). The zero-order valence-electron chi connectivity index (χ0n) is 9.54. The molecular weight excluding hydrogens is 232 g/mol. The molecule has 92 valence electrons. The summed E-state index contributed by atoms with van der Waals surface area (Å²) < 4.78 is 5.54. The van der Waals surface area contributed by atoms with Gasteiger partial charge < -0.3 is 4.74 Å². The summed E-state index contributed by atoms with van der Waals surface area (Å²) in [4.78, 5) is 19.3. The molecule has 18 heavy (non-hydrogen) atoms. The van der Waals surface area contributed by atoms with Gasteiger partial charge in [-0.1, -0.05) is 0 Å². The maximum atomic E-state index is 11.5. The molecule has 2 heterocycles. The number of ether oxygens (including phenoxy) is 1. The van der Waals surface area contributed by atoms with Gasteiger partial charge in [0, 0.05) is 18.6 Å². The van der Waals surface area contributed by atoms with Crippen molar-refractivity contribution in [3.05, 3.63) is 54.1 Å². The quantitative estimate of drug-likeness (QED) is 0.468. The minimum Gasteiger partial charge on any atom is -0.486 e. The number of pyridine rings is 2. The third-order valence-electron chi connectivity index (χ3n) is 2.26. The average Bonchev–Trinajstić information content (AvgIpc) is 2.45. The molecule has 0 aromatic carbocycles. The molecule has 3 N–H and O–H groups in total. The number of carbonyl (C=O) groups excluding carboxylic acids is 1. The number of nitrogen functional groups attached to an aromatic ring is 1. The van der Waals surface area contributed by atoms with Crippen molar-refractivity contribution in [3.8, 4) is 5.75 Å². The largest absolute Gasteiger partial charge is 0.486 e. The Kier molecular flexibility index (Phi) is 3.83. The molecule has 6 nitrogen and oxygen atoms in total. The van der Waals surface area contributed by atoms with Gasteiger partial charge in [0.1, 0.15) is 6.61 Å². The highest BCUT2D eigenvalue weighted by atomic mass is 16.5. The Balaban J connectivity index is 2.12. The molecule has 0 aliphatic rings. The summed E-state index contributed by atoms with van der Waals surface area (Å²) in [7, 11) is 0. The summed E-state index contributed by atoms with van der Waals surface area (Å²) in [5.41, 5.74) is 3.14. The first kappa shape index (κ1) is 12.0. The van der Waals surface area contributed by atoms with Crippen molar-refractivity contribution in [1.82, 2.24) is 15.4 Å². The fraction of sp³-hybridized carbons (Fsp3) is 0.0833. The highest BCUT2D eigenvalue weighted by Gasteiger charge is 2.12. The second-order valence-corrected chi connectivity index (χ2v) is 3.47.